The number of hydrogen-bond donors (Lipinski definition) is 2. The molecule has 27 heavy (non-hydrogen) atoms. The quantitative estimate of drug-likeness (QED) is 0.633. The van der Waals surface area contributed by atoms with Crippen LogP contribution in [0.1, 0.15) is 23.3 Å². The molecule has 2 heterocycles. The molecule has 10 heteroatoms. The van der Waals surface area contributed by atoms with E-state index in [0.29, 0.717) is 23.2 Å². The highest BCUT2D eigenvalue weighted by Crippen LogP contribution is 2.19. The number of carbonyl (C=O) groups excluding carboxylic acids is 1. The molecule has 0 saturated heterocycles. The Bertz CT molecular complexity index is 877. The minimum Gasteiger partial charge on any atom is -0.485 e. The second-order valence-electron chi connectivity index (χ2n) is 5.70. The van der Waals surface area contributed by atoms with Gasteiger partial charge in [0.15, 0.2) is 6.61 Å². The van der Waals surface area contributed by atoms with Crippen molar-refractivity contribution in [2.24, 2.45) is 7.05 Å². The maximum atomic E-state index is 12.5. The smallest absolute Gasteiger partial charge is 0.246 e. The first-order valence-corrected chi connectivity index (χ1v) is 8.04. The van der Waals surface area contributed by atoms with Gasteiger partial charge in [-0.15, -0.1) is 12.4 Å². The van der Waals surface area contributed by atoms with Crippen LogP contribution in [0.5, 0.6) is 5.75 Å². The van der Waals surface area contributed by atoms with E-state index in [1.807, 2.05) is 7.05 Å². The van der Waals surface area contributed by atoms with Crippen LogP contribution in [-0.4, -0.2) is 32.9 Å². The third-order valence-electron chi connectivity index (χ3n) is 3.67. The monoisotopic (exact) mass is 392 g/mol. The van der Waals surface area contributed by atoms with Crippen LogP contribution in [-0.2, 0) is 18.4 Å². The average Bonchev–Trinajstić information content (AvgIpc) is 3.23. The Morgan fingerprint density at radius 3 is 2.63 bits per heavy atom. The standard InChI is InChI=1S/C17H20N6O3.ClH/c1-11-20-15(22-26-11)10-25-14-6-4-13(5-7-14)21-17(24)16(18-2)12-8-19-23(3)9-12;/h4-9,16,18H,10H2,1-3H3,(H,21,24);1H. The van der Waals surface area contributed by atoms with E-state index in [0.717, 1.165) is 5.56 Å². The summed E-state index contributed by atoms with van der Waals surface area (Å²) in [6, 6.07) is 6.58. The lowest BCUT2D eigenvalue weighted by Gasteiger charge is -2.14. The third-order valence-corrected chi connectivity index (χ3v) is 3.67. The molecule has 9 nitrogen and oxygen atoms in total. The number of ether oxygens (including phenoxy) is 1. The van der Waals surface area contributed by atoms with E-state index >= 15 is 0 Å². The van der Waals surface area contributed by atoms with Gasteiger partial charge in [0.05, 0.1) is 6.20 Å². The van der Waals surface area contributed by atoms with E-state index in [1.54, 1.807) is 55.3 Å². The number of likely N-dealkylation sites (N-methyl/N-ethyl adjacent to an activating group) is 1. The van der Waals surface area contributed by atoms with Gasteiger partial charge in [-0.05, 0) is 31.3 Å². The van der Waals surface area contributed by atoms with Crippen molar-refractivity contribution in [2.75, 3.05) is 12.4 Å². The zero-order valence-electron chi connectivity index (χ0n) is 15.2. The molecule has 1 amide bonds. The molecule has 0 spiro atoms. The summed E-state index contributed by atoms with van der Waals surface area (Å²) in [6.07, 6.45) is 3.47. The van der Waals surface area contributed by atoms with Crippen LogP contribution in [0.2, 0.25) is 0 Å². The maximum Gasteiger partial charge on any atom is 0.246 e. The molecule has 1 aromatic carbocycles. The van der Waals surface area contributed by atoms with Gasteiger partial charge in [-0.3, -0.25) is 9.48 Å². The van der Waals surface area contributed by atoms with Gasteiger partial charge in [0.2, 0.25) is 17.6 Å². The van der Waals surface area contributed by atoms with Gasteiger partial charge < -0.3 is 19.9 Å². The number of rotatable bonds is 7. The Morgan fingerprint density at radius 1 is 1.33 bits per heavy atom. The number of benzene rings is 1. The average molecular weight is 393 g/mol. The van der Waals surface area contributed by atoms with Crippen molar-refractivity contribution in [3.63, 3.8) is 0 Å². The number of anilines is 1. The van der Waals surface area contributed by atoms with E-state index in [1.165, 1.54) is 0 Å². The van der Waals surface area contributed by atoms with Crippen molar-refractivity contribution in [2.45, 2.75) is 19.6 Å². The molecule has 1 unspecified atom stereocenters. The van der Waals surface area contributed by atoms with Crippen LogP contribution in [0.3, 0.4) is 0 Å². The minimum atomic E-state index is -0.485. The van der Waals surface area contributed by atoms with Crippen molar-refractivity contribution in [3.8, 4) is 5.75 Å². The fourth-order valence-electron chi connectivity index (χ4n) is 2.44. The van der Waals surface area contributed by atoms with E-state index in [-0.39, 0.29) is 24.9 Å². The molecule has 144 valence electrons. The molecule has 3 rings (SSSR count). The van der Waals surface area contributed by atoms with Gasteiger partial charge in [0.25, 0.3) is 0 Å². The highest BCUT2D eigenvalue weighted by Gasteiger charge is 2.20. The molecule has 0 aliphatic carbocycles. The molecule has 3 aromatic rings. The maximum absolute atomic E-state index is 12.5. The van der Waals surface area contributed by atoms with Crippen molar-refractivity contribution in [1.82, 2.24) is 25.2 Å². The largest absolute Gasteiger partial charge is 0.485 e. The first kappa shape index (κ1) is 20.4. The van der Waals surface area contributed by atoms with Crippen LogP contribution < -0.4 is 15.4 Å². The topological polar surface area (TPSA) is 107 Å². The summed E-state index contributed by atoms with van der Waals surface area (Å²) < 4.78 is 12.1. The minimum absolute atomic E-state index is 0. The first-order chi connectivity index (χ1) is 12.5. The molecule has 2 N–H and O–H groups in total. The molecule has 0 fully saturated rings. The van der Waals surface area contributed by atoms with Crippen LogP contribution in [0.4, 0.5) is 5.69 Å². The summed E-state index contributed by atoms with van der Waals surface area (Å²) in [5, 5.41) is 13.7. The number of halogens is 1. The molecule has 1 atom stereocenters. The van der Waals surface area contributed by atoms with Crippen molar-refractivity contribution < 1.29 is 14.1 Å². The summed E-state index contributed by atoms with van der Waals surface area (Å²) in [7, 11) is 3.54. The van der Waals surface area contributed by atoms with E-state index in [4.69, 9.17) is 9.26 Å². The lowest BCUT2D eigenvalue weighted by Crippen LogP contribution is -2.30. The normalized spacial score (nSPS) is 11.5. The highest BCUT2D eigenvalue weighted by atomic mass is 35.5. The zero-order chi connectivity index (χ0) is 18.5. The molecule has 0 bridgehead atoms. The number of nitrogens with one attached hydrogen (secondary N) is 2. The Hall–Kier alpha value is -2.91. The summed E-state index contributed by atoms with van der Waals surface area (Å²) in [4.78, 5) is 16.6. The second kappa shape index (κ2) is 9.15. The molecule has 2 aromatic heterocycles. The Morgan fingerprint density at radius 2 is 2.07 bits per heavy atom. The number of aryl methyl sites for hydroxylation is 2. The third kappa shape index (κ3) is 5.28. The van der Waals surface area contributed by atoms with Crippen LogP contribution in [0.15, 0.2) is 41.2 Å². The van der Waals surface area contributed by atoms with Gasteiger partial charge in [-0.1, -0.05) is 5.16 Å². The number of amides is 1. The van der Waals surface area contributed by atoms with E-state index in [9.17, 15) is 4.79 Å². The SMILES string of the molecule is CNC(C(=O)Nc1ccc(OCc2noc(C)n2)cc1)c1cnn(C)c1.Cl. The highest BCUT2D eigenvalue weighted by molar-refractivity contribution is 5.95. The Labute approximate surface area is 162 Å². The first-order valence-electron chi connectivity index (χ1n) is 8.04. The number of aromatic nitrogens is 4. The second-order valence-corrected chi connectivity index (χ2v) is 5.70. The molecular formula is C17H21ClN6O3. The Balaban J connectivity index is 0.00000261. The lowest BCUT2D eigenvalue weighted by atomic mass is 10.1. The number of hydrogen-bond acceptors (Lipinski definition) is 7. The molecule has 0 aliphatic heterocycles. The van der Waals surface area contributed by atoms with Gasteiger partial charge in [-0.25, -0.2) is 0 Å². The van der Waals surface area contributed by atoms with Crippen LogP contribution >= 0.6 is 12.4 Å². The van der Waals surface area contributed by atoms with Gasteiger partial charge >= 0.3 is 0 Å². The van der Waals surface area contributed by atoms with Crippen LogP contribution in [0.25, 0.3) is 0 Å². The van der Waals surface area contributed by atoms with E-state index < -0.39 is 6.04 Å². The molecule has 0 aliphatic rings. The Kier molecular flexibility index (Phi) is 6.91. The summed E-state index contributed by atoms with van der Waals surface area (Å²) in [5.41, 5.74) is 1.46. The van der Waals surface area contributed by atoms with E-state index in [2.05, 4.69) is 25.9 Å². The van der Waals surface area contributed by atoms with Gasteiger partial charge in [0.1, 0.15) is 11.8 Å². The van der Waals surface area contributed by atoms with Crippen molar-refractivity contribution in [3.05, 3.63) is 53.9 Å². The molecule has 0 radical (unpaired) electrons. The van der Waals surface area contributed by atoms with Crippen molar-refractivity contribution >= 4 is 24.0 Å². The zero-order valence-corrected chi connectivity index (χ0v) is 16.0. The summed E-state index contributed by atoms with van der Waals surface area (Å²) in [6.45, 7) is 1.93. The fourth-order valence-corrected chi connectivity index (χ4v) is 2.44. The fraction of sp³-hybridized carbons (Fsp3) is 0.294. The van der Waals surface area contributed by atoms with Gasteiger partial charge in [0, 0.05) is 31.4 Å². The lowest BCUT2D eigenvalue weighted by molar-refractivity contribution is -0.118. The summed E-state index contributed by atoms with van der Waals surface area (Å²) in [5.74, 6) is 1.45. The number of nitrogens with zero attached hydrogens (tertiary/aromatic N) is 4. The van der Waals surface area contributed by atoms with Crippen LogP contribution in [0, 0.1) is 6.92 Å². The van der Waals surface area contributed by atoms with Gasteiger partial charge in [-0.2, -0.15) is 10.1 Å². The molecular weight excluding hydrogens is 372 g/mol. The predicted octanol–water partition coefficient (Wildman–Crippen LogP) is 2.01. The number of carbonyl (C=O) groups is 1. The predicted molar refractivity (Wildman–Crippen MR) is 101 cm³/mol. The summed E-state index contributed by atoms with van der Waals surface area (Å²) >= 11 is 0. The van der Waals surface area contributed by atoms with Crippen molar-refractivity contribution in [1.29, 1.82) is 0 Å². The molecule has 0 saturated carbocycles.